The van der Waals surface area contributed by atoms with Gasteiger partial charge in [-0.3, -0.25) is 0 Å². The first-order valence-electron chi connectivity index (χ1n) is 4.26. The first-order chi connectivity index (χ1) is 7.13. The molecule has 0 aliphatic heterocycles. The molecular weight excluding hydrogens is 214 g/mol. The Labute approximate surface area is 90.5 Å². The van der Waals surface area contributed by atoms with Crippen molar-refractivity contribution in [1.29, 1.82) is 5.26 Å². The van der Waals surface area contributed by atoms with Gasteiger partial charge in [0.2, 0.25) is 0 Å². The van der Waals surface area contributed by atoms with Crippen molar-refractivity contribution in [3.8, 4) is 6.07 Å². The fraction of sp³-hybridized carbons (Fsp3) is 0.0909. The van der Waals surface area contributed by atoms with Gasteiger partial charge in [0.15, 0.2) is 0 Å². The Morgan fingerprint density at radius 3 is 2.87 bits per heavy atom. The highest BCUT2D eigenvalue weighted by molar-refractivity contribution is 6.31. The maximum atomic E-state index is 11.4. The summed E-state index contributed by atoms with van der Waals surface area (Å²) in [6, 6.07) is 6.82. The van der Waals surface area contributed by atoms with Crippen molar-refractivity contribution in [3.63, 3.8) is 0 Å². The Bertz CT molecular complexity index is 637. The van der Waals surface area contributed by atoms with Gasteiger partial charge >= 0.3 is 5.63 Å². The molecule has 1 aromatic heterocycles. The van der Waals surface area contributed by atoms with Gasteiger partial charge in [-0.25, -0.2) is 4.79 Å². The summed E-state index contributed by atoms with van der Waals surface area (Å²) in [6.07, 6.45) is 0. The van der Waals surface area contributed by atoms with E-state index in [1.54, 1.807) is 25.1 Å². The number of hydrogen-bond acceptors (Lipinski definition) is 3. The molecule has 3 nitrogen and oxygen atoms in total. The molecule has 0 spiro atoms. The monoisotopic (exact) mass is 219 g/mol. The fourth-order valence-corrected chi connectivity index (χ4v) is 1.62. The molecular formula is C11H6ClNO2. The second kappa shape index (κ2) is 3.41. The fourth-order valence-electron chi connectivity index (χ4n) is 1.46. The molecule has 15 heavy (non-hydrogen) atoms. The van der Waals surface area contributed by atoms with Crippen LogP contribution in [0, 0.1) is 18.3 Å². The Balaban J connectivity index is 2.99. The summed E-state index contributed by atoms with van der Waals surface area (Å²) in [5.41, 5.74) is 0.457. The molecule has 0 fully saturated rings. The summed E-state index contributed by atoms with van der Waals surface area (Å²) < 4.78 is 4.98. The Morgan fingerprint density at radius 1 is 1.47 bits per heavy atom. The molecule has 2 rings (SSSR count). The first-order valence-corrected chi connectivity index (χ1v) is 4.64. The predicted octanol–water partition coefficient (Wildman–Crippen LogP) is 2.63. The van der Waals surface area contributed by atoms with Crippen molar-refractivity contribution in [2.24, 2.45) is 0 Å². The van der Waals surface area contributed by atoms with Gasteiger partial charge in [0, 0.05) is 16.5 Å². The van der Waals surface area contributed by atoms with Crippen LogP contribution in [-0.2, 0) is 0 Å². The molecule has 1 aromatic carbocycles. The van der Waals surface area contributed by atoms with E-state index in [0.717, 1.165) is 5.39 Å². The second-order valence-electron chi connectivity index (χ2n) is 3.14. The molecule has 0 saturated heterocycles. The van der Waals surface area contributed by atoms with Crippen LogP contribution in [0.25, 0.3) is 11.0 Å². The molecule has 0 unspecified atom stereocenters. The van der Waals surface area contributed by atoms with E-state index < -0.39 is 5.63 Å². The minimum absolute atomic E-state index is 0.0461. The van der Waals surface area contributed by atoms with E-state index in [4.69, 9.17) is 21.3 Å². The first kappa shape index (κ1) is 9.75. The molecule has 2 aromatic rings. The molecule has 0 saturated carbocycles. The standard InChI is InChI=1S/C11H6ClNO2/c1-6-8-3-2-7(12)4-10(8)15-11(14)9(6)5-13/h2-4H,1H3. The van der Waals surface area contributed by atoms with Gasteiger partial charge in [0.1, 0.15) is 17.2 Å². The third kappa shape index (κ3) is 1.49. The maximum absolute atomic E-state index is 11.4. The van der Waals surface area contributed by atoms with Crippen molar-refractivity contribution >= 4 is 22.6 Å². The highest BCUT2D eigenvalue weighted by Gasteiger charge is 2.10. The smallest absolute Gasteiger partial charge is 0.354 e. The lowest BCUT2D eigenvalue weighted by Crippen LogP contribution is -2.06. The molecule has 0 aliphatic carbocycles. The number of halogens is 1. The highest BCUT2D eigenvalue weighted by atomic mass is 35.5. The molecule has 0 amide bonds. The molecule has 1 heterocycles. The largest absolute Gasteiger partial charge is 0.422 e. The normalized spacial score (nSPS) is 10.2. The van der Waals surface area contributed by atoms with Crippen molar-refractivity contribution in [1.82, 2.24) is 0 Å². The van der Waals surface area contributed by atoms with Crippen LogP contribution in [0.3, 0.4) is 0 Å². The van der Waals surface area contributed by atoms with Gasteiger partial charge in [-0.1, -0.05) is 11.6 Å². The van der Waals surface area contributed by atoms with Gasteiger partial charge in [-0.15, -0.1) is 0 Å². The van der Waals surface area contributed by atoms with Crippen LogP contribution < -0.4 is 5.63 Å². The summed E-state index contributed by atoms with van der Waals surface area (Å²) in [7, 11) is 0. The molecule has 0 atom stereocenters. The van der Waals surface area contributed by atoms with Gasteiger partial charge in [0.05, 0.1) is 0 Å². The summed E-state index contributed by atoms with van der Waals surface area (Å²) in [5, 5.41) is 10.0. The topological polar surface area (TPSA) is 54.0 Å². The lowest BCUT2D eigenvalue weighted by molar-refractivity contribution is 0.557. The molecule has 0 bridgehead atoms. The zero-order chi connectivity index (χ0) is 11.0. The quantitative estimate of drug-likeness (QED) is 0.640. The van der Waals surface area contributed by atoms with Crippen LogP contribution in [0.1, 0.15) is 11.1 Å². The van der Waals surface area contributed by atoms with E-state index in [0.29, 0.717) is 16.2 Å². The lowest BCUT2D eigenvalue weighted by atomic mass is 10.1. The van der Waals surface area contributed by atoms with E-state index in [-0.39, 0.29) is 5.56 Å². The van der Waals surface area contributed by atoms with Crippen molar-refractivity contribution in [2.45, 2.75) is 6.92 Å². The van der Waals surface area contributed by atoms with Crippen molar-refractivity contribution in [3.05, 3.63) is 44.8 Å². The third-order valence-corrected chi connectivity index (χ3v) is 2.48. The number of nitriles is 1. The van der Waals surface area contributed by atoms with Crippen LogP contribution in [0.4, 0.5) is 0 Å². The number of hydrogen-bond donors (Lipinski definition) is 0. The molecule has 74 valence electrons. The van der Waals surface area contributed by atoms with E-state index in [9.17, 15) is 4.79 Å². The van der Waals surface area contributed by atoms with Crippen LogP contribution in [-0.4, -0.2) is 0 Å². The van der Waals surface area contributed by atoms with E-state index in [1.165, 1.54) is 0 Å². The third-order valence-electron chi connectivity index (χ3n) is 2.24. The van der Waals surface area contributed by atoms with Crippen molar-refractivity contribution in [2.75, 3.05) is 0 Å². The zero-order valence-electron chi connectivity index (χ0n) is 7.87. The van der Waals surface area contributed by atoms with E-state index in [1.807, 2.05) is 6.07 Å². The maximum Gasteiger partial charge on any atom is 0.354 e. The number of aryl methyl sites for hydroxylation is 1. The van der Waals surface area contributed by atoms with Gasteiger partial charge in [0.25, 0.3) is 0 Å². The number of rotatable bonds is 0. The Kier molecular flexibility index (Phi) is 2.22. The van der Waals surface area contributed by atoms with Crippen LogP contribution in [0.2, 0.25) is 5.02 Å². The Hall–Kier alpha value is -1.79. The van der Waals surface area contributed by atoms with Gasteiger partial charge in [-0.05, 0) is 24.6 Å². The second-order valence-corrected chi connectivity index (χ2v) is 3.58. The molecule has 0 radical (unpaired) electrons. The number of fused-ring (bicyclic) bond motifs is 1. The SMILES string of the molecule is Cc1c(C#N)c(=O)oc2cc(Cl)ccc12. The number of benzene rings is 1. The minimum atomic E-state index is -0.621. The van der Waals surface area contributed by atoms with Gasteiger partial charge in [-0.2, -0.15) is 5.26 Å². The van der Waals surface area contributed by atoms with Crippen LogP contribution in [0.15, 0.2) is 27.4 Å². The summed E-state index contributed by atoms with van der Waals surface area (Å²) in [4.78, 5) is 11.4. The predicted molar refractivity (Wildman–Crippen MR) is 56.9 cm³/mol. The summed E-state index contributed by atoms with van der Waals surface area (Å²) >= 11 is 5.77. The molecule has 4 heteroatoms. The van der Waals surface area contributed by atoms with Gasteiger partial charge < -0.3 is 4.42 Å². The lowest BCUT2D eigenvalue weighted by Gasteiger charge is -2.01. The van der Waals surface area contributed by atoms with Crippen molar-refractivity contribution < 1.29 is 4.42 Å². The molecule has 0 aliphatic rings. The average Bonchev–Trinajstić information content (AvgIpc) is 2.17. The zero-order valence-corrected chi connectivity index (χ0v) is 8.63. The summed E-state index contributed by atoms with van der Waals surface area (Å²) in [6.45, 7) is 1.71. The number of nitrogens with zero attached hydrogens (tertiary/aromatic N) is 1. The average molecular weight is 220 g/mol. The highest BCUT2D eigenvalue weighted by Crippen LogP contribution is 2.22. The summed E-state index contributed by atoms with van der Waals surface area (Å²) in [5.74, 6) is 0. The van der Waals surface area contributed by atoms with E-state index in [2.05, 4.69) is 0 Å². The van der Waals surface area contributed by atoms with E-state index >= 15 is 0 Å². The Morgan fingerprint density at radius 2 is 2.20 bits per heavy atom. The van der Waals surface area contributed by atoms with Crippen LogP contribution >= 0.6 is 11.6 Å². The molecule has 0 N–H and O–H groups in total. The minimum Gasteiger partial charge on any atom is -0.422 e. The van der Waals surface area contributed by atoms with Crippen LogP contribution in [0.5, 0.6) is 0 Å².